The molecule has 96 valence electrons. The summed E-state index contributed by atoms with van der Waals surface area (Å²) < 4.78 is 5.58. The monoisotopic (exact) mass is 255 g/mol. The fourth-order valence-corrected chi connectivity index (χ4v) is 1.69. The summed E-state index contributed by atoms with van der Waals surface area (Å²) in [6, 6.07) is 5.84. The summed E-state index contributed by atoms with van der Waals surface area (Å²) in [6.45, 7) is 9.39. The Morgan fingerprint density at radius 1 is 1.24 bits per heavy atom. The fourth-order valence-electron chi connectivity index (χ4n) is 1.47. The molecule has 0 amide bonds. The van der Waals surface area contributed by atoms with Crippen LogP contribution in [-0.4, -0.2) is 12.6 Å². The predicted octanol–water partition coefficient (Wildman–Crippen LogP) is 4.59. The molecule has 0 spiro atoms. The molecule has 0 aromatic heterocycles. The molecule has 17 heavy (non-hydrogen) atoms. The van der Waals surface area contributed by atoms with Crippen LogP contribution in [0, 0.1) is 5.92 Å². The molecular weight excluding hydrogens is 234 g/mol. The molecule has 0 saturated carbocycles. The van der Waals surface area contributed by atoms with Crippen molar-refractivity contribution in [1.82, 2.24) is 0 Å². The fraction of sp³-hybridized carbons (Fsp3) is 0.571. The van der Waals surface area contributed by atoms with Crippen LogP contribution in [-0.2, 0) is 0 Å². The summed E-state index contributed by atoms with van der Waals surface area (Å²) in [7, 11) is 0. The maximum absolute atomic E-state index is 6.15. The number of anilines is 1. The van der Waals surface area contributed by atoms with Crippen LogP contribution in [0.2, 0.25) is 5.02 Å². The van der Waals surface area contributed by atoms with Gasteiger partial charge in [0.2, 0.25) is 0 Å². The van der Waals surface area contributed by atoms with Gasteiger partial charge in [-0.1, -0.05) is 25.4 Å². The van der Waals surface area contributed by atoms with Crippen LogP contribution in [0.25, 0.3) is 0 Å². The highest BCUT2D eigenvalue weighted by molar-refractivity contribution is 6.32. The number of rotatable bonds is 6. The molecule has 0 heterocycles. The molecule has 0 atom stereocenters. The molecule has 3 heteroatoms. The van der Waals surface area contributed by atoms with E-state index in [1.165, 1.54) is 0 Å². The predicted molar refractivity (Wildman–Crippen MR) is 75.2 cm³/mol. The van der Waals surface area contributed by atoms with Gasteiger partial charge < -0.3 is 10.1 Å². The van der Waals surface area contributed by atoms with Gasteiger partial charge in [-0.25, -0.2) is 0 Å². The van der Waals surface area contributed by atoms with Gasteiger partial charge in [0.05, 0.1) is 11.1 Å². The van der Waals surface area contributed by atoms with Crippen molar-refractivity contribution >= 4 is 17.3 Å². The van der Waals surface area contributed by atoms with Crippen LogP contribution < -0.4 is 10.1 Å². The van der Waals surface area contributed by atoms with E-state index in [0.717, 1.165) is 24.4 Å². The molecule has 0 fully saturated rings. The quantitative estimate of drug-likeness (QED) is 0.803. The summed E-state index contributed by atoms with van der Waals surface area (Å²) in [5.74, 6) is 1.46. The Kier molecular flexibility index (Phi) is 5.63. The van der Waals surface area contributed by atoms with E-state index in [-0.39, 0.29) is 6.10 Å². The Morgan fingerprint density at radius 2 is 1.94 bits per heavy atom. The maximum Gasteiger partial charge on any atom is 0.138 e. The van der Waals surface area contributed by atoms with Crippen LogP contribution in [0.5, 0.6) is 5.75 Å². The van der Waals surface area contributed by atoms with Crippen molar-refractivity contribution in [3.05, 3.63) is 23.2 Å². The second-order valence-corrected chi connectivity index (χ2v) is 5.33. The van der Waals surface area contributed by atoms with Crippen LogP contribution in [0.3, 0.4) is 0 Å². The lowest BCUT2D eigenvalue weighted by molar-refractivity contribution is 0.242. The molecule has 0 bridgehead atoms. The van der Waals surface area contributed by atoms with E-state index < -0.39 is 0 Å². The Bertz CT molecular complexity index is 350. The molecule has 0 aliphatic heterocycles. The third kappa shape index (κ3) is 5.31. The van der Waals surface area contributed by atoms with E-state index >= 15 is 0 Å². The van der Waals surface area contributed by atoms with Gasteiger partial charge in [0.15, 0.2) is 0 Å². The van der Waals surface area contributed by atoms with Crippen molar-refractivity contribution in [1.29, 1.82) is 0 Å². The molecule has 1 rings (SSSR count). The van der Waals surface area contributed by atoms with Gasteiger partial charge in [-0.15, -0.1) is 0 Å². The summed E-state index contributed by atoms with van der Waals surface area (Å²) in [5.41, 5.74) is 1.05. The third-order valence-corrected chi connectivity index (χ3v) is 2.64. The van der Waals surface area contributed by atoms with Crippen molar-refractivity contribution in [2.75, 3.05) is 11.9 Å². The van der Waals surface area contributed by atoms with Gasteiger partial charge in [0.1, 0.15) is 5.75 Å². The molecule has 0 unspecified atom stereocenters. The summed E-state index contributed by atoms with van der Waals surface area (Å²) in [4.78, 5) is 0. The topological polar surface area (TPSA) is 21.3 Å². The van der Waals surface area contributed by atoms with E-state index in [0.29, 0.717) is 10.9 Å². The van der Waals surface area contributed by atoms with Crippen molar-refractivity contribution in [2.24, 2.45) is 5.92 Å². The van der Waals surface area contributed by atoms with E-state index in [2.05, 4.69) is 19.2 Å². The van der Waals surface area contributed by atoms with Gasteiger partial charge in [-0.05, 0) is 44.4 Å². The zero-order chi connectivity index (χ0) is 12.8. The lowest BCUT2D eigenvalue weighted by atomic mass is 10.1. The first-order chi connectivity index (χ1) is 7.99. The molecule has 2 nitrogen and oxygen atoms in total. The van der Waals surface area contributed by atoms with E-state index in [9.17, 15) is 0 Å². The smallest absolute Gasteiger partial charge is 0.138 e. The highest BCUT2D eigenvalue weighted by atomic mass is 35.5. The maximum atomic E-state index is 6.15. The first-order valence-corrected chi connectivity index (χ1v) is 6.57. The minimum absolute atomic E-state index is 0.146. The minimum Gasteiger partial charge on any atom is -0.489 e. The summed E-state index contributed by atoms with van der Waals surface area (Å²) >= 11 is 6.15. The normalized spacial score (nSPS) is 11.0. The highest BCUT2D eigenvalue weighted by Crippen LogP contribution is 2.28. The second kappa shape index (κ2) is 6.75. The van der Waals surface area contributed by atoms with Crippen molar-refractivity contribution in [3.8, 4) is 5.75 Å². The van der Waals surface area contributed by atoms with E-state index in [1.807, 2.05) is 32.0 Å². The van der Waals surface area contributed by atoms with Gasteiger partial charge in [0, 0.05) is 12.2 Å². The lowest BCUT2D eigenvalue weighted by Crippen LogP contribution is -2.07. The Hall–Kier alpha value is -0.890. The van der Waals surface area contributed by atoms with Gasteiger partial charge in [-0.3, -0.25) is 0 Å². The van der Waals surface area contributed by atoms with E-state index in [4.69, 9.17) is 16.3 Å². The summed E-state index contributed by atoms with van der Waals surface area (Å²) in [5, 5.41) is 4.02. The molecule has 0 radical (unpaired) electrons. The number of benzene rings is 1. The first kappa shape index (κ1) is 14.2. The number of hydrogen-bond donors (Lipinski definition) is 1. The van der Waals surface area contributed by atoms with Crippen LogP contribution in [0.15, 0.2) is 18.2 Å². The van der Waals surface area contributed by atoms with Crippen LogP contribution in [0.4, 0.5) is 5.69 Å². The van der Waals surface area contributed by atoms with Gasteiger partial charge in [0.25, 0.3) is 0 Å². The Morgan fingerprint density at radius 3 is 2.47 bits per heavy atom. The van der Waals surface area contributed by atoms with Crippen molar-refractivity contribution in [2.45, 2.75) is 40.2 Å². The van der Waals surface area contributed by atoms with Crippen molar-refractivity contribution in [3.63, 3.8) is 0 Å². The number of ether oxygens (including phenoxy) is 1. The zero-order valence-corrected chi connectivity index (χ0v) is 11.8. The number of nitrogens with one attached hydrogen (secondary N) is 1. The van der Waals surface area contributed by atoms with Crippen LogP contribution >= 0.6 is 11.6 Å². The average molecular weight is 256 g/mol. The van der Waals surface area contributed by atoms with Gasteiger partial charge in [-0.2, -0.15) is 0 Å². The zero-order valence-electron chi connectivity index (χ0n) is 11.1. The average Bonchev–Trinajstić information content (AvgIpc) is 2.21. The molecule has 1 N–H and O–H groups in total. The molecule has 0 aliphatic rings. The molecular formula is C14H22ClNO. The molecule has 1 aromatic carbocycles. The van der Waals surface area contributed by atoms with Crippen molar-refractivity contribution < 1.29 is 4.74 Å². The lowest BCUT2D eigenvalue weighted by Gasteiger charge is -2.13. The minimum atomic E-state index is 0.146. The summed E-state index contributed by atoms with van der Waals surface area (Å²) in [6.07, 6.45) is 1.30. The third-order valence-electron chi connectivity index (χ3n) is 2.35. The van der Waals surface area contributed by atoms with Crippen LogP contribution in [0.1, 0.15) is 34.1 Å². The molecule has 1 aromatic rings. The Labute approximate surface area is 109 Å². The van der Waals surface area contributed by atoms with E-state index in [1.54, 1.807) is 0 Å². The highest BCUT2D eigenvalue weighted by Gasteiger charge is 2.04. The second-order valence-electron chi connectivity index (χ2n) is 4.92. The molecule has 0 saturated heterocycles. The standard InChI is InChI=1S/C14H22ClNO/c1-10(2)7-8-16-12-5-6-14(13(15)9-12)17-11(3)4/h5-6,9-11,16H,7-8H2,1-4H3. The Balaban J connectivity index is 2.56. The van der Waals surface area contributed by atoms with Gasteiger partial charge >= 0.3 is 0 Å². The number of halogens is 1. The largest absolute Gasteiger partial charge is 0.489 e. The molecule has 0 aliphatic carbocycles. The number of hydrogen-bond acceptors (Lipinski definition) is 2. The SMILES string of the molecule is CC(C)CCNc1ccc(OC(C)C)c(Cl)c1. The first-order valence-electron chi connectivity index (χ1n) is 6.19.